The molecular weight excluding hydrogens is 318 g/mol. The molecule has 0 spiro atoms. The summed E-state index contributed by atoms with van der Waals surface area (Å²) in [5.41, 5.74) is 2.40. The van der Waals surface area contributed by atoms with Crippen LogP contribution in [-0.4, -0.2) is 64.1 Å². The number of ether oxygens (including phenoxy) is 1. The quantitative estimate of drug-likeness (QED) is 0.783. The fourth-order valence-electron chi connectivity index (χ4n) is 3.06. The lowest BCUT2D eigenvalue weighted by Crippen LogP contribution is -2.32. The molecule has 25 heavy (non-hydrogen) atoms. The minimum absolute atomic E-state index is 0.0100. The Labute approximate surface area is 148 Å². The summed E-state index contributed by atoms with van der Waals surface area (Å²) in [5.74, 6) is 0.297. The molecule has 3 heterocycles. The first-order valence-corrected chi connectivity index (χ1v) is 8.50. The summed E-state index contributed by atoms with van der Waals surface area (Å²) in [4.78, 5) is 24.1. The first-order chi connectivity index (χ1) is 12.1. The monoisotopic (exact) mass is 343 g/mol. The van der Waals surface area contributed by atoms with E-state index in [2.05, 4.69) is 25.5 Å². The molecular formula is C18H25N5O2. The Hall–Kier alpha value is -2.25. The van der Waals surface area contributed by atoms with Crippen LogP contribution in [0, 0.1) is 5.92 Å². The van der Waals surface area contributed by atoms with E-state index in [1.807, 2.05) is 24.8 Å². The third kappa shape index (κ3) is 4.87. The van der Waals surface area contributed by atoms with Gasteiger partial charge in [-0.25, -0.2) is 4.98 Å². The Morgan fingerprint density at radius 2 is 2.20 bits per heavy atom. The second kappa shape index (κ2) is 8.22. The van der Waals surface area contributed by atoms with E-state index in [-0.39, 0.29) is 12.5 Å². The zero-order valence-electron chi connectivity index (χ0n) is 14.8. The van der Waals surface area contributed by atoms with Crippen LogP contribution < -0.4 is 0 Å². The summed E-state index contributed by atoms with van der Waals surface area (Å²) in [6.45, 7) is 4.14. The number of pyridine rings is 1. The van der Waals surface area contributed by atoms with Crippen molar-refractivity contribution in [3.05, 3.63) is 48.3 Å². The Kier molecular flexibility index (Phi) is 5.78. The van der Waals surface area contributed by atoms with Crippen molar-refractivity contribution in [2.75, 3.05) is 33.9 Å². The number of aromatic nitrogens is 3. The number of carbonyl (C=O) groups is 1. The largest absolute Gasteiger partial charge is 0.371 e. The van der Waals surface area contributed by atoms with Gasteiger partial charge in [0.1, 0.15) is 6.61 Å². The van der Waals surface area contributed by atoms with Gasteiger partial charge in [-0.15, -0.1) is 0 Å². The summed E-state index contributed by atoms with van der Waals surface area (Å²) in [6, 6.07) is 4.06. The van der Waals surface area contributed by atoms with Crippen molar-refractivity contribution in [3.8, 4) is 0 Å². The van der Waals surface area contributed by atoms with Gasteiger partial charge in [0.05, 0.1) is 18.6 Å². The topological polar surface area (TPSA) is 63.5 Å². The Morgan fingerprint density at radius 1 is 1.32 bits per heavy atom. The lowest BCUT2D eigenvalue weighted by molar-refractivity contribution is -0.134. The number of imidazole rings is 1. The van der Waals surface area contributed by atoms with Gasteiger partial charge in [0.25, 0.3) is 0 Å². The van der Waals surface area contributed by atoms with E-state index in [4.69, 9.17) is 4.74 Å². The zero-order chi connectivity index (χ0) is 17.6. The van der Waals surface area contributed by atoms with Crippen LogP contribution in [0.5, 0.6) is 0 Å². The minimum atomic E-state index is -0.0100. The lowest BCUT2D eigenvalue weighted by Gasteiger charge is -2.24. The number of fused-ring (bicyclic) bond motifs is 1. The SMILES string of the molecule is CN(C)C(=O)COC[C@H]1CN(Cc2cccnc2)Cc2cncn2C1. The van der Waals surface area contributed by atoms with Crippen LogP contribution in [0.15, 0.2) is 37.1 Å². The van der Waals surface area contributed by atoms with Crippen molar-refractivity contribution < 1.29 is 9.53 Å². The van der Waals surface area contributed by atoms with Gasteiger partial charge < -0.3 is 14.2 Å². The van der Waals surface area contributed by atoms with E-state index in [1.54, 1.807) is 25.2 Å². The molecule has 0 aromatic carbocycles. The van der Waals surface area contributed by atoms with E-state index in [0.717, 1.165) is 26.2 Å². The van der Waals surface area contributed by atoms with Crippen molar-refractivity contribution in [1.29, 1.82) is 0 Å². The average Bonchev–Trinajstić information content (AvgIpc) is 2.95. The predicted octanol–water partition coefficient (Wildman–Crippen LogP) is 1.01. The highest BCUT2D eigenvalue weighted by molar-refractivity contribution is 5.76. The van der Waals surface area contributed by atoms with E-state index in [1.165, 1.54) is 11.3 Å². The number of rotatable bonds is 6. The second-order valence-corrected chi connectivity index (χ2v) is 6.74. The molecule has 7 nitrogen and oxygen atoms in total. The van der Waals surface area contributed by atoms with Crippen LogP contribution in [-0.2, 0) is 29.2 Å². The Bertz CT molecular complexity index is 686. The van der Waals surface area contributed by atoms with Crippen LogP contribution in [0.2, 0.25) is 0 Å². The summed E-state index contributed by atoms with van der Waals surface area (Å²) >= 11 is 0. The zero-order valence-corrected chi connectivity index (χ0v) is 14.8. The highest BCUT2D eigenvalue weighted by Gasteiger charge is 2.22. The van der Waals surface area contributed by atoms with Crippen molar-refractivity contribution in [2.45, 2.75) is 19.6 Å². The third-order valence-electron chi connectivity index (χ3n) is 4.36. The van der Waals surface area contributed by atoms with Crippen molar-refractivity contribution >= 4 is 5.91 Å². The van der Waals surface area contributed by atoms with Crippen LogP contribution >= 0.6 is 0 Å². The number of carbonyl (C=O) groups excluding carboxylic acids is 1. The summed E-state index contributed by atoms with van der Waals surface area (Å²) < 4.78 is 7.86. The normalized spacial score (nSPS) is 17.8. The molecule has 0 unspecified atom stereocenters. The molecule has 2 aromatic rings. The van der Waals surface area contributed by atoms with Gasteiger partial charge in [-0.3, -0.25) is 14.7 Å². The lowest BCUT2D eigenvalue weighted by atomic mass is 10.1. The first kappa shape index (κ1) is 17.6. The van der Waals surface area contributed by atoms with Crippen molar-refractivity contribution in [3.63, 3.8) is 0 Å². The van der Waals surface area contributed by atoms with E-state index < -0.39 is 0 Å². The van der Waals surface area contributed by atoms with Crippen LogP contribution in [0.3, 0.4) is 0 Å². The Balaban J connectivity index is 1.63. The maximum atomic E-state index is 11.7. The van der Waals surface area contributed by atoms with Crippen LogP contribution in [0.1, 0.15) is 11.3 Å². The third-order valence-corrected chi connectivity index (χ3v) is 4.36. The maximum absolute atomic E-state index is 11.7. The smallest absolute Gasteiger partial charge is 0.248 e. The van der Waals surface area contributed by atoms with Crippen molar-refractivity contribution in [2.24, 2.45) is 5.92 Å². The fraction of sp³-hybridized carbons (Fsp3) is 0.500. The number of likely N-dealkylation sites (N-methyl/N-ethyl adjacent to an activating group) is 1. The number of amides is 1. The highest BCUT2D eigenvalue weighted by atomic mass is 16.5. The molecule has 0 bridgehead atoms. The van der Waals surface area contributed by atoms with E-state index >= 15 is 0 Å². The fourth-order valence-corrected chi connectivity index (χ4v) is 3.06. The molecule has 3 rings (SSSR count). The number of hydrogen-bond donors (Lipinski definition) is 0. The molecule has 0 saturated heterocycles. The molecule has 7 heteroatoms. The van der Waals surface area contributed by atoms with Gasteiger partial charge in [-0.05, 0) is 11.6 Å². The van der Waals surface area contributed by atoms with Crippen molar-refractivity contribution in [1.82, 2.24) is 24.3 Å². The van der Waals surface area contributed by atoms with E-state index in [0.29, 0.717) is 12.5 Å². The molecule has 0 radical (unpaired) electrons. The van der Waals surface area contributed by atoms with Gasteiger partial charge in [-0.2, -0.15) is 0 Å². The van der Waals surface area contributed by atoms with Gasteiger partial charge in [0.2, 0.25) is 5.91 Å². The molecule has 0 aliphatic carbocycles. The number of hydrogen-bond acceptors (Lipinski definition) is 5. The predicted molar refractivity (Wildman–Crippen MR) is 93.6 cm³/mol. The molecule has 1 atom stereocenters. The van der Waals surface area contributed by atoms with Gasteiger partial charge in [-0.1, -0.05) is 6.07 Å². The van der Waals surface area contributed by atoms with Gasteiger partial charge in [0, 0.05) is 64.8 Å². The van der Waals surface area contributed by atoms with Crippen LogP contribution in [0.4, 0.5) is 0 Å². The maximum Gasteiger partial charge on any atom is 0.248 e. The molecule has 0 N–H and O–H groups in total. The Morgan fingerprint density at radius 3 is 2.96 bits per heavy atom. The first-order valence-electron chi connectivity index (χ1n) is 8.50. The molecule has 1 aliphatic heterocycles. The standard InChI is InChI=1S/C18H25N5O2/c1-21(2)18(24)13-25-12-16-9-22(8-15-4-3-5-19-6-15)11-17-7-20-14-23(17)10-16/h3-7,14,16H,8-13H2,1-2H3/t16-/m0/s1. The number of nitrogens with zero attached hydrogens (tertiary/aromatic N) is 5. The van der Waals surface area contributed by atoms with E-state index in [9.17, 15) is 4.79 Å². The van der Waals surface area contributed by atoms with Gasteiger partial charge in [0.15, 0.2) is 0 Å². The molecule has 1 amide bonds. The minimum Gasteiger partial charge on any atom is -0.371 e. The summed E-state index contributed by atoms with van der Waals surface area (Å²) in [6.07, 6.45) is 7.50. The molecule has 0 saturated carbocycles. The second-order valence-electron chi connectivity index (χ2n) is 6.74. The molecule has 0 fully saturated rings. The molecule has 2 aromatic heterocycles. The highest BCUT2D eigenvalue weighted by Crippen LogP contribution is 2.18. The average molecular weight is 343 g/mol. The molecule has 1 aliphatic rings. The van der Waals surface area contributed by atoms with Gasteiger partial charge >= 0.3 is 0 Å². The summed E-state index contributed by atoms with van der Waals surface area (Å²) in [5, 5.41) is 0. The molecule has 134 valence electrons. The van der Waals surface area contributed by atoms with Crippen LogP contribution in [0.25, 0.3) is 0 Å². The summed E-state index contributed by atoms with van der Waals surface area (Å²) in [7, 11) is 3.48.